The molecule has 19 heavy (non-hydrogen) atoms. The van der Waals surface area contributed by atoms with Gasteiger partial charge in [-0.3, -0.25) is 4.57 Å². The second kappa shape index (κ2) is 5.38. The molecule has 0 saturated heterocycles. The maximum absolute atomic E-state index is 4.63. The van der Waals surface area contributed by atoms with Gasteiger partial charge in [0, 0.05) is 30.4 Å². The Labute approximate surface area is 114 Å². The van der Waals surface area contributed by atoms with E-state index in [1.165, 1.54) is 0 Å². The van der Waals surface area contributed by atoms with E-state index in [4.69, 9.17) is 0 Å². The van der Waals surface area contributed by atoms with E-state index in [1.54, 1.807) is 12.5 Å². The number of rotatable bonds is 4. The van der Waals surface area contributed by atoms with Crippen molar-refractivity contribution < 1.29 is 0 Å². The second-order valence-electron chi connectivity index (χ2n) is 5.58. The topological polar surface area (TPSA) is 55.6 Å². The number of hydrogen-bond acceptors (Lipinski definition) is 4. The first-order valence-electron chi connectivity index (χ1n) is 6.62. The smallest absolute Gasteiger partial charge is 0.143 e. The molecule has 2 aromatic rings. The second-order valence-corrected chi connectivity index (χ2v) is 5.58. The molecule has 0 bridgehead atoms. The molecule has 1 N–H and O–H groups in total. The molecule has 0 spiro atoms. The van der Waals surface area contributed by atoms with E-state index in [1.807, 2.05) is 16.8 Å². The summed E-state index contributed by atoms with van der Waals surface area (Å²) in [6, 6.07) is 1.95. The maximum atomic E-state index is 4.63. The van der Waals surface area contributed by atoms with Gasteiger partial charge in [-0.25, -0.2) is 15.0 Å². The fourth-order valence-electron chi connectivity index (χ4n) is 1.64. The van der Waals surface area contributed by atoms with Gasteiger partial charge in [0.2, 0.25) is 0 Å². The summed E-state index contributed by atoms with van der Waals surface area (Å²) in [5.74, 6) is 2.54. The average Bonchev–Trinajstić information content (AvgIpc) is 2.89. The van der Waals surface area contributed by atoms with E-state index in [0.29, 0.717) is 0 Å². The molecule has 0 aromatic carbocycles. The summed E-state index contributed by atoms with van der Waals surface area (Å²) < 4.78 is 1.90. The predicted molar refractivity (Wildman–Crippen MR) is 76.6 cm³/mol. The Morgan fingerprint density at radius 1 is 1.26 bits per heavy atom. The van der Waals surface area contributed by atoms with E-state index in [0.717, 1.165) is 30.4 Å². The highest BCUT2D eigenvalue weighted by molar-refractivity contribution is 5.42. The summed E-state index contributed by atoms with van der Waals surface area (Å²) in [5.41, 5.74) is -0.0841. The molecule has 0 unspecified atom stereocenters. The van der Waals surface area contributed by atoms with Crippen molar-refractivity contribution in [2.24, 2.45) is 0 Å². The summed E-state index contributed by atoms with van der Waals surface area (Å²) in [7, 11) is 0. The molecule has 102 valence electrons. The molecule has 0 amide bonds. The lowest BCUT2D eigenvalue weighted by molar-refractivity contribution is 0.544. The van der Waals surface area contributed by atoms with E-state index < -0.39 is 0 Å². The molecule has 0 saturated carbocycles. The van der Waals surface area contributed by atoms with Crippen LogP contribution in [0.3, 0.4) is 0 Å². The van der Waals surface area contributed by atoms with Gasteiger partial charge < -0.3 is 5.32 Å². The van der Waals surface area contributed by atoms with Crippen LogP contribution < -0.4 is 5.32 Å². The van der Waals surface area contributed by atoms with Crippen LogP contribution in [-0.4, -0.2) is 26.1 Å². The molecule has 5 heteroatoms. The van der Waals surface area contributed by atoms with Crippen LogP contribution in [0.5, 0.6) is 0 Å². The first kappa shape index (κ1) is 13.5. The van der Waals surface area contributed by atoms with Crippen molar-refractivity contribution in [3.05, 3.63) is 30.6 Å². The normalized spacial score (nSPS) is 11.6. The lowest BCUT2D eigenvalue weighted by atomic mass is 9.96. The standard InChI is InChI=1S/C14H21N5/c1-5-6-16-11-9-12(19-8-7-15-10-19)18-13(17-11)14(2,3)4/h7-10H,5-6H2,1-4H3,(H,16,17,18). The van der Waals surface area contributed by atoms with Gasteiger partial charge in [-0.05, 0) is 6.42 Å². The molecule has 2 aromatic heterocycles. The Kier molecular flexibility index (Phi) is 3.83. The van der Waals surface area contributed by atoms with E-state index in [2.05, 4.69) is 48.0 Å². The summed E-state index contributed by atoms with van der Waals surface area (Å²) in [6.07, 6.45) is 6.45. The minimum Gasteiger partial charge on any atom is -0.370 e. The third kappa shape index (κ3) is 3.30. The molecular formula is C14H21N5. The van der Waals surface area contributed by atoms with Crippen molar-refractivity contribution in [3.63, 3.8) is 0 Å². The van der Waals surface area contributed by atoms with Crippen LogP contribution in [0.1, 0.15) is 39.9 Å². The third-order valence-electron chi connectivity index (χ3n) is 2.71. The molecule has 0 atom stereocenters. The average molecular weight is 259 g/mol. The molecular weight excluding hydrogens is 238 g/mol. The zero-order valence-corrected chi connectivity index (χ0v) is 12.0. The lowest BCUT2D eigenvalue weighted by Gasteiger charge is -2.19. The summed E-state index contributed by atoms with van der Waals surface area (Å²) in [6.45, 7) is 9.39. The highest BCUT2D eigenvalue weighted by Gasteiger charge is 2.19. The fourth-order valence-corrected chi connectivity index (χ4v) is 1.64. The van der Waals surface area contributed by atoms with Crippen LogP contribution in [0, 0.1) is 0 Å². The Bertz CT molecular complexity index is 525. The minimum atomic E-state index is -0.0841. The largest absolute Gasteiger partial charge is 0.370 e. The molecule has 5 nitrogen and oxygen atoms in total. The summed E-state index contributed by atoms with van der Waals surface area (Å²) in [5, 5.41) is 3.32. The number of anilines is 1. The zero-order valence-electron chi connectivity index (χ0n) is 12.0. The molecule has 2 heterocycles. The molecule has 0 fully saturated rings. The van der Waals surface area contributed by atoms with Crippen molar-refractivity contribution >= 4 is 5.82 Å². The van der Waals surface area contributed by atoms with Gasteiger partial charge in [-0.1, -0.05) is 27.7 Å². The van der Waals surface area contributed by atoms with E-state index >= 15 is 0 Å². The van der Waals surface area contributed by atoms with E-state index in [9.17, 15) is 0 Å². The van der Waals surface area contributed by atoms with Crippen LogP contribution in [-0.2, 0) is 5.41 Å². The monoisotopic (exact) mass is 259 g/mol. The fraction of sp³-hybridized carbons (Fsp3) is 0.500. The van der Waals surface area contributed by atoms with Crippen molar-refractivity contribution in [2.75, 3.05) is 11.9 Å². The van der Waals surface area contributed by atoms with Gasteiger partial charge in [-0.2, -0.15) is 0 Å². The van der Waals surface area contributed by atoms with Crippen LogP contribution in [0.4, 0.5) is 5.82 Å². The van der Waals surface area contributed by atoms with Gasteiger partial charge in [0.1, 0.15) is 23.8 Å². The lowest BCUT2D eigenvalue weighted by Crippen LogP contribution is -2.19. The zero-order chi connectivity index (χ0) is 13.9. The van der Waals surface area contributed by atoms with Crippen molar-refractivity contribution in [2.45, 2.75) is 39.5 Å². The van der Waals surface area contributed by atoms with Crippen molar-refractivity contribution in [1.29, 1.82) is 0 Å². The minimum absolute atomic E-state index is 0.0841. The molecule has 0 aliphatic rings. The van der Waals surface area contributed by atoms with Crippen LogP contribution in [0.25, 0.3) is 5.82 Å². The number of hydrogen-bond donors (Lipinski definition) is 1. The summed E-state index contributed by atoms with van der Waals surface area (Å²) in [4.78, 5) is 13.3. The van der Waals surface area contributed by atoms with Crippen molar-refractivity contribution in [3.8, 4) is 5.82 Å². The van der Waals surface area contributed by atoms with Gasteiger partial charge in [0.15, 0.2) is 0 Å². The maximum Gasteiger partial charge on any atom is 0.143 e. The molecule has 0 radical (unpaired) electrons. The highest BCUT2D eigenvalue weighted by atomic mass is 15.1. The Morgan fingerprint density at radius 3 is 2.63 bits per heavy atom. The summed E-state index contributed by atoms with van der Waals surface area (Å²) >= 11 is 0. The number of nitrogens with one attached hydrogen (secondary N) is 1. The Balaban J connectivity index is 2.43. The number of imidazole rings is 1. The molecule has 0 aliphatic carbocycles. The van der Waals surface area contributed by atoms with Crippen LogP contribution >= 0.6 is 0 Å². The quantitative estimate of drug-likeness (QED) is 0.917. The SMILES string of the molecule is CCCNc1cc(-n2ccnc2)nc(C(C)(C)C)n1. The Hall–Kier alpha value is -1.91. The first-order valence-corrected chi connectivity index (χ1v) is 6.62. The predicted octanol–water partition coefficient (Wildman–Crippen LogP) is 2.78. The molecule has 0 aliphatic heterocycles. The number of aromatic nitrogens is 4. The Morgan fingerprint density at radius 2 is 2.05 bits per heavy atom. The first-order chi connectivity index (χ1) is 9.00. The van der Waals surface area contributed by atoms with Gasteiger partial charge in [0.25, 0.3) is 0 Å². The van der Waals surface area contributed by atoms with Gasteiger partial charge in [0.05, 0.1) is 0 Å². The van der Waals surface area contributed by atoms with Gasteiger partial charge >= 0.3 is 0 Å². The molecule has 2 rings (SSSR count). The van der Waals surface area contributed by atoms with E-state index in [-0.39, 0.29) is 5.41 Å². The van der Waals surface area contributed by atoms with Crippen LogP contribution in [0.2, 0.25) is 0 Å². The van der Waals surface area contributed by atoms with Gasteiger partial charge in [-0.15, -0.1) is 0 Å². The van der Waals surface area contributed by atoms with Crippen LogP contribution in [0.15, 0.2) is 24.8 Å². The highest BCUT2D eigenvalue weighted by Crippen LogP contribution is 2.21. The number of nitrogens with zero attached hydrogens (tertiary/aromatic N) is 4. The van der Waals surface area contributed by atoms with Crippen molar-refractivity contribution in [1.82, 2.24) is 19.5 Å². The third-order valence-corrected chi connectivity index (χ3v) is 2.71.